The van der Waals surface area contributed by atoms with Crippen LogP contribution in [0, 0.1) is 0 Å². The van der Waals surface area contributed by atoms with E-state index in [0.29, 0.717) is 0 Å². The lowest BCUT2D eigenvalue weighted by Crippen LogP contribution is -2.35. The highest BCUT2D eigenvalue weighted by molar-refractivity contribution is 7.89. The molecule has 0 aromatic heterocycles. The number of sulfonamides is 1. The van der Waals surface area contributed by atoms with E-state index in [4.69, 9.17) is 14.9 Å². The molecular weight excluding hydrogens is 286 g/mol. The fraction of sp³-hybridized carbons (Fsp3) is 0.417. The normalized spacial score (nSPS) is 12.9. The zero-order chi connectivity index (χ0) is 15.3. The Morgan fingerprint density at radius 2 is 2.10 bits per heavy atom. The Balaban J connectivity index is 3.20. The summed E-state index contributed by atoms with van der Waals surface area (Å²) in [5.41, 5.74) is -0.230. The maximum absolute atomic E-state index is 12.0. The molecule has 0 radical (unpaired) electrons. The van der Waals surface area contributed by atoms with Crippen molar-refractivity contribution in [2.75, 3.05) is 13.2 Å². The summed E-state index contributed by atoms with van der Waals surface area (Å²) < 4.78 is 31.3. The van der Waals surface area contributed by atoms with Crippen molar-refractivity contribution in [1.82, 2.24) is 4.72 Å². The maximum Gasteiger partial charge on any atom is 0.339 e. The summed E-state index contributed by atoms with van der Waals surface area (Å²) >= 11 is 0. The Hall–Kier alpha value is -1.64. The van der Waals surface area contributed by atoms with Gasteiger partial charge in [0.2, 0.25) is 10.0 Å². The number of carbonyl (C=O) groups is 1. The average molecular weight is 303 g/mol. The smallest absolute Gasteiger partial charge is 0.339 e. The molecule has 0 fully saturated rings. The zero-order valence-corrected chi connectivity index (χ0v) is 12.0. The van der Waals surface area contributed by atoms with Gasteiger partial charge >= 0.3 is 5.97 Å². The van der Waals surface area contributed by atoms with E-state index < -0.39 is 22.0 Å². The molecule has 20 heavy (non-hydrogen) atoms. The first-order chi connectivity index (χ1) is 9.31. The molecule has 0 unspecified atom stereocenters. The molecule has 1 atom stereocenters. The highest BCUT2D eigenvalue weighted by Gasteiger charge is 2.21. The predicted octanol–water partition coefficient (Wildman–Crippen LogP) is 0.443. The van der Waals surface area contributed by atoms with Crippen LogP contribution in [0.2, 0.25) is 0 Å². The lowest BCUT2D eigenvalue weighted by Gasteiger charge is -2.13. The summed E-state index contributed by atoms with van der Waals surface area (Å²) in [6.07, 6.45) is 0. The molecule has 1 aromatic rings. The van der Waals surface area contributed by atoms with E-state index in [9.17, 15) is 13.2 Å². The molecule has 0 saturated carbocycles. The second-order valence-electron chi connectivity index (χ2n) is 4.10. The Morgan fingerprint density at radius 1 is 1.45 bits per heavy atom. The summed E-state index contributed by atoms with van der Waals surface area (Å²) in [5.74, 6) is -1.17. The van der Waals surface area contributed by atoms with E-state index in [0.717, 1.165) is 6.07 Å². The fourth-order valence-corrected chi connectivity index (χ4v) is 2.76. The first kappa shape index (κ1) is 16.4. The molecule has 1 rings (SSSR count). The van der Waals surface area contributed by atoms with Gasteiger partial charge in [0, 0.05) is 6.04 Å². The molecule has 0 heterocycles. The van der Waals surface area contributed by atoms with E-state index in [2.05, 4.69) is 4.72 Å². The molecule has 1 aromatic carbocycles. The van der Waals surface area contributed by atoms with Gasteiger partial charge in [0.25, 0.3) is 0 Å². The van der Waals surface area contributed by atoms with Crippen LogP contribution in [0.25, 0.3) is 0 Å². The molecule has 7 nitrogen and oxygen atoms in total. The molecule has 3 N–H and O–H groups in total. The number of carboxylic acid groups (broad SMARTS) is 1. The van der Waals surface area contributed by atoms with Gasteiger partial charge in [-0.1, -0.05) is 0 Å². The van der Waals surface area contributed by atoms with E-state index in [1.807, 2.05) is 0 Å². The molecule has 0 aliphatic heterocycles. The van der Waals surface area contributed by atoms with Crippen LogP contribution in [0.4, 0.5) is 0 Å². The van der Waals surface area contributed by atoms with Crippen molar-refractivity contribution in [3.8, 4) is 5.75 Å². The van der Waals surface area contributed by atoms with Gasteiger partial charge < -0.3 is 14.9 Å². The van der Waals surface area contributed by atoms with Gasteiger partial charge in [-0.15, -0.1) is 0 Å². The standard InChI is InChI=1S/C12H17NO6S/c1-3-19-11-5-4-9(6-10(11)12(15)16)20(17,18)13-8(2)7-14/h4-6,8,13-14H,3,7H2,1-2H3,(H,15,16)/t8-/m0/s1. The van der Waals surface area contributed by atoms with Crippen molar-refractivity contribution in [2.24, 2.45) is 0 Å². The van der Waals surface area contributed by atoms with Gasteiger partial charge in [0.05, 0.1) is 18.1 Å². The lowest BCUT2D eigenvalue weighted by molar-refractivity contribution is 0.0692. The van der Waals surface area contributed by atoms with Crippen LogP contribution >= 0.6 is 0 Å². The van der Waals surface area contributed by atoms with Gasteiger partial charge in [0.1, 0.15) is 11.3 Å². The van der Waals surface area contributed by atoms with Crippen LogP contribution in [-0.2, 0) is 10.0 Å². The molecule has 0 bridgehead atoms. The van der Waals surface area contributed by atoms with Crippen molar-refractivity contribution in [2.45, 2.75) is 24.8 Å². The minimum absolute atomic E-state index is 0.106. The van der Waals surface area contributed by atoms with Crippen molar-refractivity contribution in [1.29, 1.82) is 0 Å². The number of nitrogens with one attached hydrogen (secondary N) is 1. The van der Waals surface area contributed by atoms with Crippen LogP contribution in [0.1, 0.15) is 24.2 Å². The van der Waals surface area contributed by atoms with E-state index in [1.54, 1.807) is 6.92 Å². The van der Waals surface area contributed by atoms with E-state index in [1.165, 1.54) is 19.1 Å². The number of carboxylic acids is 1. The molecule has 0 aliphatic rings. The molecule has 0 aliphatic carbocycles. The number of hydrogen-bond donors (Lipinski definition) is 3. The summed E-state index contributed by atoms with van der Waals surface area (Å²) in [5, 5.41) is 17.9. The van der Waals surface area contributed by atoms with Crippen LogP contribution in [0.15, 0.2) is 23.1 Å². The Labute approximate surface area is 117 Å². The van der Waals surface area contributed by atoms with Crippen molar-refractivity contribution in [3.63, 3.8) is 0 Å². The summed E-state index contributed by atoms with van der Waals surface area (Å²) in [6, 6.07) is 2.91. The first-order valence-corrected chi connectivity index (χ1v) is 7.43. The third kappa shape index (κ3) is 3.92. The number of aliphatic hydroxyl groups is 1. The summed E-state index contributed by atoms with van der Waals surface area (Å²) in [6.45, 7) is 3.10. The predicted molar refractivity (Wildman–Crippen MR) is 71.4 cm³/mol. The molecular formula is C12H17NO6S. The third-order valence-electron chi connectivity index (χ3n) is 2.42. The molecule has 0 spiro atoms. The van der Waals surface area contributed by atoms with Crippen LogP contribution in [0.3, 0.4) is 0 Å². The number of aliphatic hydroxyl groups excluding tert-OH is 1. The topological polar surface area (TPSA) is 113 Å². The highest BCUT2D eigenvalue weighted by atomic mass is 32.2. The van der Waals surface area contributed by atoms with Crippen LogP contribution in [-0.4, -0.2) is 43.9 Å². The average Bonchev–Trinajstić information content (AvgIpc) is 2.38. The molecule has 0 saturated heterocycles. The molecule has 8 heteroatoms. The van der Waals surface area contributed by atoms with Gasteiger partial charge in [-0.05, 0) is 32.0 Å². The van der Waals surface area contributed by atoms with Gasteiger partial charge in [-0.3, -0.25) is 0 Å². The maximum atomic E-state index is 12.0. The Morgan fingerprint density at radius 3 is 2.60 bits per heavy atom. The third-order valence-corrected chi connectivity index (χ3v) is 4.01. The molecule has 112 valence electrons. The van der Waals surface area contributed by atoms with Crippen molar-refractivity contribution in [3.05, 3.63) is 23.8 Å². The lowest BCUT2D eigenvalue weighted by atomic mass is 10.2. The number of ether oxygens (including phenoxy) is 1. The van der Waals surface area contributed by atoms with Crippen LogP contribution in [0.5, 0.6) is 5.75 Å². The van der Waals surface area contributed by atoms with E-state index in [-0.39, 0.29) is 29.4 Å². The number of aromatic carboxylic acids is 1. The Kier molecular flexibility index (Phi) is 5.49. The zero-order valence-electron chi connectivity index (χ0n) is 11.2. The first-order valence-electron chi connectivity index (χ1n) is 5.95. The van der Waals surface area contributed by atoms with E-state index >= 15 is 0 Å². The monoisotopic (exact) mass is 303 g/mol. The number of hydrogen-bond acceptors (Lipinski definition) is 5. The van der Waals surface area contributed by atoms with Gasteiger partial charge in [0.15, 0.2) is 0 Å². The van der Waals surface area contributed by atoms with Crippen molar-refractivity contribution >= 4 is 16.0 Å². The van der Waals surface area contributed by atoms with Crippen LogP contribution < -0.4 is 9.46 Å². The highest BCUT2D eigenvalue weighted by Crippen LogP contribution is 2.23. The van der Waals surface area contributed by atoms with Gasteiger partial charge in [-0.2, -0.15) is 0 Å². The number of rotatable bonds is 7. The number of benzene rings is 1. The second-order valence-corrected chi connectivity index (χ2v) is 5.82. The minimum atomic E-state index is -3.89. The fourth-order valence-electron chi connectivity index (χ4n) is 1.49. The van der Waals surface area contributed by atoms with Gasteiger partial charge in [-0.25, -0.2) is 17.9 Å². The van der Waals surface area contributed by atoms with Crippen molar-refractivity contribution < 1.29 is 28.2 Å². The Bertz CT molecular complexity index is 584. The summed E-state index contributed by atoms with van der Waals surface area (Å²) in [7, 11) is -3.89. The SMILES string of the molecule is CCOc1ccc(S(=O)(=O)N[C@@H](C)CO)cc1C(=O)O. The quantitative estimate of drug-likeness (QED) is 0.674. The minimum Gasteiger partial charge on any atom is -0.493 e. The summed E-state index contributed by atoms with van der Waals surface area (Å²) in [4.78, 5) is 10.9. The largest absolute Gasteiger partial charge is 0.493 e. The molecule has 0 amide bonds. The second kappa shape index (κ2) is 6.69.